The summed E-state index contributed by atoms with van der Waals surface area (Å²) in [5.74, 6) is -0.0593. The van der Waals surface area contributed by atoms with Gasteiger partial charge in [0, 0.05) is 25.5 Å². The minimum Gasteiger partial charge on any atom is -0.314 e. The summed E-state index contributed by atoms with van der Waals surface area (Å²) < 4.78 is 0. The molecule has 0 fully saturated rings. The average molecular weight is 234 g/mol. The van der Waals surface area contributed by atoms with Gasteiger partial charge in [-0.2, -0.15) is 0 Å². The summed E-state index contributed by atoms with van der Waals surface area (Å²) in [4.78, 5) is 27.6. The van der Waals surface area contributed by atoms with Crippen molar-refractivity contribution in [2.24, 2.45) is 0 Å². The summed E-state index contributed by atoms with van der Waals surface area (Å²) in [5.41, 5.74) is 3.01. The Morgan fingerprint density at radius 3 is 1.82 bits per heavy atom. The van der Waals surface area contributed by atoms with Crippen molar-refractivity contribution < 1.29 is 9.59 Å². The van der Waals surface area contributed by atoms with Gasteiger partial charge in [-0.25, -0.2) is 0 Å². The summed E-state index contributed by atoms with van der Waals surface area (Å²) in [6, 6.07) is 0. The fourth-order valence-electron chi connectivity index (χ4n) is 2.61. The molecule has 0 spiro atoms. The van der Waals surface area contributed by atoms with Gasteiger partial charge in [0.05, 0.1) is 11.1 Å². The maximum absolute atomic E-state index is 12.2. The highest BCUT2D eigenvalue weighted by molar-refractivity contribution is 6.19. The standard InChI is InChI=1S/C13H18N2O2/c1-5-7-9-11-10(12(16)15(9)4)8(6-2)14(3)13(11)17/h5-7H2,1-4H3. The Morgan fingerprint density at radius 1 is 0.882 bits per heavy atom. The number of likely N-dealkylation sites (N-methyl/N-ethyl adjacent to an activating group) is 2. The predicted octanol–water partition coefficient (Wildman–Crippen LogP) is 1.65. The van der Waals surface area contributed by atoms with Crippen molar-refractivity contribution in [3.05, 3.63) is 22.5 Å². The number of hydrogen-bond donors (Lipinski definition) is 0. The molecule has 2 aliphatic rings. The molecule has 0 N–H and O–H groups in total. The minimum atomic E-state index is -0.0296. The van der Waals surface area contributed by atoms with E-state index < -0.39 is 0 Å². The maximum atomic E-state index is 12.2. The lowest BCUT2D eigenvalue weighted by Crippen LogP contribution is -2.26. The zero-order chi connectivity index (χ0) is 12.7. The summed E-state index contributed by atoms with van der Waals surface area (Å²) in [5, 5.41) is 0. The Bertz CT molecular complexity index is 460. The first kappa shape index (κ1) is 11.9. The minimum absolute atomic E-state index is 0.0296. The summed E-state index contributed by atoms with van der Waals surface area (Å²) in [6.07, 6.45) is 2.42. The highest BCUT2D eigenvalue weighted by Crippen LogP contribution is 2.40. The largest absolute Gasteiger partial charge is 0.314 e. The predicted molar refractivity (Wildman–Crippen MR) is 64.8 cm³/mol. The lowest BCUT2D eigenvalue weighted by atomic mass is 10.1. The molecular formula is C13H18N2O2. The number of carbonyl (C=O) groups is 2. The van der Waals surface area contributed by atoms with Crippen LogP contribution in [-0.4, -0.2) is 35.7 Å². The van der Waals surface area contributed by atoms with E-state index in [2.05, 4.69) is 6.92 Å². The highest BCUT2D eigenvalue weighted by Gasteiger charge is 2.44. The van der Waals surface area contributed by atoms with Crippen LogP contribution in [0.4, 0.5) is 0 Å². The second-order valence-electron chi connectivity index (χ2n) is 4.48. The summed E-state index contributed by atoms with van der Waals surface area (Å²) >= 11 is 0. The van der Waals surface area contributed by atoms with Crippen LogP contribution >= 0.6 is 0 Å². The van der Waals surface area contributed by atoms with Gasteiger partial charge in [-0.3, -0.25) is 9.59 Å². The van der Waals surface area contributed by atoms with Gasteiger partial charge >= 0.3 is 0 Å². The van der Waals surface area contributed by atoms with E-state index in [1.54, 1.807) is 23.9 Å². The lowest BCUT2D eigenvalue weighted by molar-refractivity contribution is -0.123. The first-order valence-electron chi connectivity index (χ1n) is 6.07. The SMILES string of the molecule is CCCC1=C2C(=O)N(C)C(CC)=C2C(=O)N1C. The van der Waals surface area contributed by atoms with Crippen LogP contribution in [0.25, 0.3) is 0 Å². The molecule has 17 heavy (non-hydrogen) atoms. The van der Waals surface area contributed by atoms with Crippen LogP contribution in [0, 0.1) is 0 Å². The molecule has 0 saturated carbocycles. The fourth-order valence-corrected chi connectivity index (χ4v) is 2.61. The molecule has 0 aromatic carbocycles. The summed E-state index contributed by atoms with van der Waals surface area (Å²) in [7, 11) is 3.50. The van der Waals surface area contributed by atoms with Gasteiger partial charge in [0.25, 0.3) is 11.8 Å². The van der Waals surface area contributed by atoms with E-state index in [9.17, 15) is 9.59 Å². The maximum Gasteiger partial charge on any atom is 0.260 e. The van der Waals surface area contributed by atoms with Crippen LogP contribution in [0.2, 0.25) is 0 Å². The van der Waals surface area contributed by atoms with E-state index in [1.165, 1.54) is 0 Å². The van der Waals surface area contributed by atoms with Crippen molar-refractivity contribution in [1.82, 2.24) is 9.80 Å². The van der Waals surface area contributed by atoms with E-state index in [1.807, 2.05) is 6.92 Å². The molecule has 2 aliphatic heterocycles. The molecule has 0 bridgehead atoms. The van der Waals surface area contributed by atoms with Crippen LogP contribution in [0.5, 0.6) is 0 Å². The molecular weight excluding hydrogens is 216 g/mol. The Morgan fingerprint density at radius 2 is 1.35 bits per heavy atom. The molecule has 0 aromatic rings. The highest BCUT2D eigenvalue weighted by atomic mass is 16.2. The van der Waals surface area contributed by atoms with Crippen LogP contribution in [-0.2, 0) is 9.59 Å². The van der Waals surface area contributed by atoms with Crippen molar-refractivity contribution >= 4 is 11.8 Å². The molecule has 0 unspecified atom stereocenters. The second-order valence-corrected chi connectivity index (χ2v) is 4.48. The third-order valence-corrected chi connectivity index (χ3v) is 3.50. The number of amides is 2. The van der Waals surface area contributed by atoms with Gasteiger partial charge in [0.15, 0.2) is 0 Å². The number of nitrogens with zero attached hydrogens (tertiary/aromatic N) is 2. The number of hydrogen-bond acceptors (Lipinski definition) is 2. The molecule has 0 aromatic heterocycles. The van der Waals surface area contributed by atoms with Gasteiger partial charge in [0.1, 0.15) is 0 Å². The average Bonchev–Trinajstić information content (AvgIpc) is 2.70. The second kappa shape index (κ2) is 4.02. The van der Waals surface area contributed by atoms with Gasteiger partial charge in [-0.1, -0.05) is 20.3 Å². The smallest absolute Gasteiger partial charge is 0.260 e. The monoisotopic (exact) mass is 234 g/mol. The molecule has 92 valence electrons. The van der Waals surface area contributed by atoms with Gasteiger partial charge in [0.2, 0.25) is 0 Å². The van der Waals surface area contributed by atoms with Crippen LogP contribution in [0.15, 0.2) is 22.5 Å². The van der Waals surface area contributed by atoms with Crippen molar-refractivity contribution in [2.45, 2.75) is 33.1 Å². The molecule has 0 saturated heterocycles. The molecule has 0 atom stereocenters. The van der Waals surface area contributed by atoms with Crippen LogP contribution in [0.3, 0.4) is 0 Å². The molecule has 0 radical (unpaired) electrons. The first-order chi connectivity index (χ1) is 8.04. The summed E-state index contributed by atoms with van der Waals surface area (Å²) in [6.45, 7) is 4.03. The fraction of sp³-hybridized carbons (Fsp3) is 0.538. The van der Waals surface area contributed by atoms with Gasteiger partial charge in [-0.05, 0) is 12.8 Å². The first-order valence-corrected chi connectivity index (χ1v) is 6.07. The molecule has 2 heterocycles. The Labute approximate surface area is 102 Å². The molecule has 4 nitrogen and oxygen atoms in total. The van der Waals surface area contributed by atoms with E-state index in [0.717, 1.165) is 24.2 Å². The number of allylic oxidation sites excluding steroid dienone is 2. The molecule has 0 aliphatic carbocycles. The molecule has 2 rings (SSSR count). The van der Waals surface area contributed by atoms with Crippen molar-refractivity contribution in [1.29, 1.82) is 0 Å². The lowest BCUT2D eigenvalue weighted by Gasteiger charge is -2.18. The Balaban J connectivity index is 2.60. The molecule has 4 heteroatoms. The molecule has 2 amide bonds. The van der Waals surface area contributed by atoms with Crippen LogP contribution in [0.1, 0.15) is 33.1 Å². The third kappa shape index (κ3) is 1.43. The topological polar surface area (TPSA) is 40.6 Å². The van der Waals surface area contributed by atoms with E-state index >= 15 is 0 Å². The van der Waals surface area contributed by atoms with Crippen molar-refractivity contribution in [3.63, 3.8) is 0 Å². The zero-order valence-electron chi connectivity index (χ0n) is 10.8. The third-order valence-electron chi connectivity index (χ3n) is 3.50. The quantitative estimate of drug-likeness (QED) is 0.745. The Hall–Kier alpha value is -1.58. The zero-order valence-corrected chi connectivity index (χ0v) is 10.8. The van der Waals surface area contributed by atoms with E-state index in [0.29, 0.717) is 17.6 Å². The number of carbonyl (C=O) groups excluding carboxylic acids is 2. The van der Waals surface area contributed by atoms with Crippen LogP contribution < -0.4 is 0 Å². The number of fused-ring (bicyclic) bond motifs is 1. The number of rotatable bonds is 3. The van der Waals surface area contributed by atoms with Gasteiger partial charge in [-0.15, -0.1) is 0 Å². The van der Waals surface area contributed by atoms with E-state index in [-0.39, 0.29) is 11.8 Å². The van der Waals surface area contributed by atoms with Gasteiger partial charge < -0.3 is 9.80 Å². The Kier molecular flexibility index (Phi) is 2.81. The van der Waals surface area contributed by atoms with Crippen molar-refractivity contribution in [2.75, 3.05) is 14.1 Å². The van der Waals surface area contributed by atoms with E-state index in [4.69, 9.17) is 0 Å². The normalized spacial score (nSPS) is 20.0. The van der Waals surface area contributed by atoms with Crippen molar-refractivity contribution in [3.8, 4) is 0 Å².